The monoisotopic (exact) mass is 237 g/mol. The van der Waals surface area contributed by atoms with Gasteiger partial charge in [-0.2, -0.15) is 0 Å². The molecule has 0 spiro atoms. The smallest absolute Gasteiger partial charge is 0.333 e. The minimum Gasteiger partial charge on any atom is -0.457 e. The lowest BCUT2D eigenvalue weighted by atomic mass is 10.1. The minimum atomic E-state index is -0.247. The fourth-order valence-corrected chi connectivity index (χ4v) is 2.49. The molecule has 0 aromatic heterocycles. The molecule has 2 heterocycles. The molecule has 4 nitrogen and oxygen atoms in total. The van der Waals surface area contributed by atoms with E-state index in [4.69, 9.17) is 4.74 Å². The van der Waals surface area contributed by atoms with Crippen LogP contribution in [0.1, 0.15) is 20.3 Å². The average molecular weight is 237 g/mol. The molecule has 1 N–H and O–H groups in total. The van der Waals surface area contributed by atoms with Crippen LogP contribution in [-0.2, 0) is 9.53 Å². The average Bonchev–Trinajstić information content (AvgIpc) is 2.90. The van der Waals surface area contributed by atoms with Gasteiger partial charge in [-0.15, -0.1) is 0 Å². The standard InChI is InChI=1S/C13H19NO3/c1-3-9(2)13(16)17-11-5-7-14-6-4-10(8-15)12(11)14/h3-4,11-12,15H,5-8H2,1-2H3/b9-3+/t11-,12?/m1/s1. The van der Waals surface area contributed by atoms with Crippen molar-refractivity contribution in [2.24, 2.45) is 0 Å². The third kappa shape index (κ3) is 2.28. The topological polar surface area (TPSA) is 49.8 Å². The van der Waals surface area contributed by atoms with Crippen LogP contribution in [0.2, 0.25) is 0 Å². The first-order valence-electron chi connectivity index (χ1n) is 6.05. The zero-order chi connectivity index (χ0) is 12.4. The summed E-state index contributed by atoms with van der Waals surface area (Å²) in [6, 6.07) is 0.0913. The number of hydrogen-bond acceptors (Lipinski definition) is 4. The van der Waals surface area contributed by atoms with E-state index in [1.807, 2.05) is 13.0 Å². The molecule has 0 aromatic carbocycles. The Morgan fingerprint density at radius 2 is 2.47 bits per heavy atom. The first-order chi connectivity index (χ1) is 8.17. The fraction of sp³-hybridized carbons (Fsp3) is 0.615. The summed E-state index contributed by atoms with van der Waals surface area (Å²) in [5, 5.41) is 9.27. The van der Waals surface area contributed by atoms with Crippen molar-refractivity contribution in [3.05, 3.63) is 23.3 Å². The van der Waals surface area contributed by atoms with E-state index < -0.39 is 0 Å². The van der Waals surface area contributed by atoms with Crippen LogP contribution in [0, 0.1) is 0 Å². The molecule has 1 saturated heterocycles. The number of esters is 1. The number of aliphatic hydroxyl groups excluding tert-OH is 1. The summed E-state index contributed by atoms with van der Waals surface area (Å²) < 4.78 is 5.51. The number of carbonyl (C=O) groups excluding carboxylic acids is 1. The third-order valence-corrected chi connectivity index (χ3v) is 3.61. The van der Waals surface area contributed by atoms with Crippen LogP contribution in [0.5, 0.6) is 0 Å². The molecule has 0 radical (unpaired) electrons. The van der Waals surface area contributed by atoms with Crippen molar-refractivity contribution in [3.8, 4) is 0 Å². The first-order valence-corrected chi connectivity index (χ1v) is 6.05. The second-order valence-electron chi connectivity index (χ2n) is 4.58. The van der Waals surface area contributed by atoms with E-state index in [-0.39, 0.29) is 24.7 Å². The Labute approximate surface area is 102 Å². The quantitative estimate of drug-likeness (QED) is 0.449. The van der Waals surface area contributed by atoms with Crippen LogP contribution < -0.4 is 0 Å². The number of hydrogen-bond donors (Lipinski definition) is 1. The maximum Gasteiger partial charge on any atom is 0.333 e. The summed E-state index contributed by atoms with van der Waals surface area (Å²) in [6.45, 7) is 5.42. The normalized spacial score (nSPS) is 29.1. The predicted octanol–water partition coefficient (Wildman–Crippen LogP) is 0.871. The van der Waals surface area contributed by atoms with Gasteiger partial charge in [-0.25, -0.2) is 4.79 Å². The number of nitrogens with zero attached hydrogens (tertiary/aromatic N) is 1. The van der Waals surface area contributed by atoms with Crippen molar-refractivity contribution in [1.29, 1.82) is 0 Å². The zero-order valence-corrected chi connectivity index (χ0v) is 10.3. The number of carbonyl (C=O) groups is 1. The van der Waals surface area contributed by atoms with Gasteiger partial charge in [0.15, 0.2) is 0 Å². The largest absolute Gasteiger partial charge is 0.457 e. The molecular weight excluding hydrogens is 218 g/mol. The van der Waals surface area contributed by atoms with Gasteiger partial charge in [-0.05, 0) is 25.8 Å². The van der Waals surface area contributed by atoms with Crippen LogP contribution >= 0.6 is 0 Å². The van der Waals surface area contributed by atoms with Crippen LogP contribution in [0.15, 0.2) is 23.3 Å². The molecule has 0 amide bonds. The second kappa shape index (κ2) is 5.02. The Kier molecular flexibility index (Phi) is 3.64. The van der Waals surface area contributed by atoms with E-state index in [1.54, 1.807) is 13.0 Å². The van der Waals surface area contributed by atoms with Crippen molar-refractivity contribution < 1.29 is 14.6 Å². The van der Waals surface area contributed by atoms with Gasteiger partial charge >= 0.3 is 5.97 Å². The fourth-order valence-electron chi connectivity index (χ4n) is 2.49. The molecule has 94 valence electrons. The number of rotatable bonds is 3. The second-order valence-corrected chi connectivity index (χ2v) is 4.58. The molecule has 1 fully saturated rings. The molecule has 2 aliphatic rings. The third-order valence-electron chi connectivity index (χ3n) is 3.61. The Morgan fingerprint density at radius 1 is 1.71 bits per heavy atom. The molecule has 2 rings (SSSR count). The van der Waals surface area contributed by atoms with Gasteiger partial charge in [0.1, 0.15) is 6.10 Å². The lowest BCUT2D eigenvalue weighted by Gasteiger charge is -2.23. The van der Waals surface area contributed by atoms with Gasteiger partial charge in [0.05, 0.1) is 12.6 Å². The lowest BCUT2D eigenvalue weighted by Crippen LogP contribution is -2.35. The van der Waals surface area contributed by atoms with Gasteiger partial charge < -0.3 is 9.84 Å². The summed E-state index contributed by atoms with van der Waals surface area (Å²) in [5.74, 6) is -0.247. The van der Waals surface area contributed by atoms with Crippen molar-refractivity contribution in [3.63, 3.8) is 0 Å². The van der Waals surface area contributed by atoms with E-state index in [9.17, 15) is 9.90 Å². The van der Waals surface area contributed by atoms with E-state index in [0.29, 0.717) is 5.57 Å². The van der Waals surface area contributed by atoms with Crippen LogP contribution in [-0.4, -0.2) is 47.8 Å². The van der Waals surface area contributed by atoms with Crippen LogP contribution in [0.25, 0.3) is 0 Å². The Balaban J connectivity index is 2.03. The van der Waals surface area contributed by atoms with Crippen molar-refractivity contribution >= 4 is 5.97 Å². The summed E-state index contributed by atoms with van der Waals surface area (Å²) in [7, 11) is 0. The van der Waals surface area contributed by atoms with Crippen molar-refractivity contribution in [1.82, 2.24) is 4.90 Å². The van der Waals surface area contributed by atoms with Crippen molar-refractivity contribution in [2.75, 3.05) is 19.7 Å². The molecule has 2 atom stereocenters. The molecule has 0 aromatic rings. The maximum absolute atomic E-state index is 11.7. The summed E-state index contributed by atoms with van der Waals surface area (Å²) >= 11 is 0. The van der Waals surface area contributed by atoms with E-state index in [2.05, 4.69) is 4.90 Å². The highest BCUT2D eigenvalue weighted by molar-refractivity contribution is 5.87. The highest BCUT2D eigenvalue weighted by Gasteiger charge is 2.41. The minimum absolute atomic E-state index is 0.0534. The van der Waals surface area contributed by atoms with Crippen LogP contribution in [0.3, 0.4) is 0 Å². The number of fused-ring (bicyclic) bond motifs is 1. The van der Waals surface area contributed by atoms with E-state index in [0.717, 1.165) is 25.1 Å². The van der Waals surface area contributed by atoms with Gasteiger partial charge in [0.25, 0.3) is 0 Å². The predicted molar refractivity (Wildman–Crippen MR) is 64.5 cm³/mol. The summed E-state index contributed by atoms with van der Waals surface area (Å²) in [5.41, 5.74) is 1.62. The molecule has 0 aliphatic carbocycles. The maximum atomic E-state index is 11.7. The molecule has 0 bridgehead atoms. The van der Waals surface area contributed by atoms with Gasteiger partial charge in [-0.1, -0.05) is 12.2 Å². The molecule has 4 heteroatoms. The Bertz CT molecular complexity index is 373. The Morgan fingerprint density at radius 3 is 3.12 bits per heavy atom. The number of allylic oxidation sites excluding steroid dienone is 1. The Hall–Kier alpha value is -1.13. The lowest BCUT2D eigenvalue weighted by molar-refractivity contribution is -0.144. The molecule has 1 unspecified atom stereocenters. The van der Waals surface area contributed by atoms with E-state index >= 15 is 0 Å². The molecular formula is C13H19NO3. The number of aliphatic hydroxyl groups is 1. The molecule has 0 saturated carbocycles. The molecule has 2 aliphatic heterocycles. The van der Waals surface area contributed by atoms with Crippen molar-refractivity contribution in [2.45, 2.75) is 32.4 Å². The summed E-state index contributed by atoms with van der Waals surface area (Å²) in [4.78, 5) is 14.0. The number of ether oxygens (including phenoxy) is 1. The van der Waals surface area contributed by atoms with Gasteiger partial charge in [0.2, 0.25) is 0 Å². The molecule has 17 heavy (non-hydrogen) atoms. The zero-order valence-electron chi connectivity index (χ0n) is 10.3. The van der Waals surface area contributed by atoms with Gasteiger partial charge in [-0.3, -0.25) is 4.90 Å². The van der Waals surface area contributed by atoms with Gasteiger partial charge in [0, 0.05) is 18.7 Å². The SMILES string of the molecule is C/C=C(\C)C(=O)O[C@@H]1CCN2CC=C(CO)C12. The highest BCUT2D eigenvalue weighted by atomic mass is 16.5. The van der Waals surface area contributed by atoms with Crippen LogP contribution in [0.4, 0.5) is 0 Å². The highest BCUT2D eigenvalue weighted by Crippen LogP contribution is 2.31. The van der Waals surface area contributed by atoms with E-state index in [1.165, 1.54) is 0 Å². The first kappa shape index (κ1) is 12.3. The summed E-state index contributed by atoms with van der Waals surface area (Å²) in [6.07, 6.45) is 4.53.